The second-order valence-corrected chi connectivity index (χ2v) is 9.66. The Labute approximate surface area is 216 Å². The summed E-state index contributed by atoms with van der Waals surface area (Å²) in [4.78, 5) is 18.2. The molecular weight excluding hydrogens is 478 g/mol. The molecule has 0 atom stereocenters. The molecule has 198 valence electrons. The van der Waals surface area contributed by atoms with E-state index in [1.807, 2.05) is 35.2 Å². The summed E-state index contributed by atoms with van der Waals surface area (Å²) in [5, 5.41) is 4.13. The van der Waals surface area contributed by atoms with E-state index < -0.39 is 5.92 Å². The second kappa shape index (κ2) is 11.4. The van der Waals surface area contributed by atoms with Crippen molar-refractivity contribution in [1.29, 1.82) is 0 Å². The number of anilines is 2. The van der Waals surface area contributed by atoms with Gasteiger partial charge in [-0.3, -0.25) is 4.98 Å². The van der Waals surface area contributed by atoms with Gasteiger partial charge in [0, 0.05) is 50.1 Å². The molecule has 0 saturated carbocycles. The molecule has 2 saturated heterocycles. The van der Waals surface area contributed by atoms with Gasteiger partial charge in [0.15, 0.2) is 11.5 Å². The summed E-state index contributed by atoms with van der Waals surface area (Å²) in [6.07, 6.45) is 4.79. The number of halogens is 2. The Morgan fingerprint density at radius 2 is 1.84 bits per heavy atom. The predicted molar refractivity (Wildman–Crippen MR) is 140 cm³/mol. The van der Waals surface area contributed by atoms with Crippen LogP contribution in [-0.2, 0) is 6.54 Å². The predicted octanol–water partition coefficient (Wildman–Crippen LogP) is 4.75. The Hall–Kier alpha value is -3.27. The summed E-state index contributed by atoms with van der Waals surface area (Å²) in [6, 6.07) is 9.46. The summed E-state index contributed by atoms with van der Waals surface area (Å²) in [7, 11) is 1.61. The van der Waals surface area contributed by atoms with E-state index >= 15 is 0 Å². The standard InChI is InChI=1S/C27H34F2N6O2/c1-36-23-17-21-22(18-24(23)37-16-6-13-34-11-4-5-12-34)32-26(35-14-8-27(28,29)9-15-35)33-25(21)31-19-20-7-2-3-10-30-20/h2-3,7,10,17-18H,4-6,8-9,11-16,19H2,1H3,(H,31,32,33). The molecule has 10 heteroatoms. The number of alkyl halides is 2. The van der Waals surface area contributed by atoms with E-state index in [1.54, 1.807) is 13.3 Å². The van der Waals surface area contributed by atoms with Crippen molar-refractivity contribution in [3.05, 3.63) is 42.2 Å². The van der Waals surface area contributed by atoms with Crippen LogP contribution >= 0.6 is 0 Å². The summed E-state index contributed by atoms with van der Waals surface area (Å²) >= 11 is 0. The molecule has 0 radical (unpaired) electrons. The number of hydrogen-bond acceptors (Lipinski definition) is 8. The molecule has 2 aliphatic heterocycles. The summed E-state index contributed by atoms with van der Waals surface area (Å²) in [5.74, 6) is -0.402. The van der Waals surface area contributed by atoms with Crippen molar-refractivity contribution in [3.8, 4) is 11.5 Å². The average molecular weight is 513 g/mol. The summed E-state index contributed by atoms with van der Waals surface area (Å²) in [6.45, 7) is 4.78. The van der Waals surface area contributed by atoms with E-state index in [0.717, 1.165) is 37.1 Å². The number of nitrogens with one attached hydrogen (secondary N) is 1. The Balaban J connectivity index is 1.41. The van der Waals surface area contributed by atoms with Gasteiger partial charge in [-0.15, -0.1) is 0 Å². The van der Waals surface area contributed by atoms with E-state index in [4.69, 9.17) is 19.4 Å². The van der Waals surface area contributed by atoms with Crippen molar-refractivity contribution in [2.24, 2.45) is 0 Å². The van der Waals surface area contributed by atoms with E-state index in [9.17, 15) is 8.78 Å². The fourth-order valence-electron chi connectivity index (χ4n) is 4.86. The molecule has 3 aromatic rings. The molecular formula is C27H34F2N6O2. The maximum Gasteiger partial charge on any atom is 0.251 e. The quantitative estimate of drug-likeness (QED) is 0.390. The number of fused-ring (bicyclic) bond motifs is 1. The molecule has 4 heterocycles. The highest BCUT2D eigenvalue weighted by Gasteiger charge is 2.35. The van der Waals surface area contributed by atoms with Gasteiger partial charge in [-0.2, -0.15) is 4.98 Å². The van der Waals surface area contributed by atoms with Gasteiger partial charge < -0.3 is 24.6 Å². The monoisotopic (exact) mass is 512 g/mol. The van der Waals surface area contributed by atoms with Gasteiger partial charge in [0.05, 0.1) is 31.5 Å². The van der Waals surface area contributed by atoms with Gasteiger partial charge in [-0.05, 0) is 50.6 Å². The van der Waals surface area contributed by atoms with E-state index in [2.05, 4.69) is 15.2 Å². The third-order valence-corrected chi connectivity index (χ3v) is 6.99. The van der Waals surface area contributed by atoms with Crippen molar-refractivity contribution in [2.75, 3.05) is 56.7 Å². The van der Waals surface area contributed by atoms with Crippen molar-refractivity contribution < 1.29 is 18.3 Å². The highest BCUT2D eigenvalue weighted by Crippen LogP contribution is 2.36. The second-order valence-electron chi connectivity index (χ2n) is 9.66. The smallest absolute Gasteiger partial charge is 0.251 e. The minimum absolute atomic E-state index is 0.203. The van der Waals surface area contributed by atoms with Crippen LogP contribution in [0.5, 0.6) is 11.5 Å². The number of piperidine rings is 1. The van der Waals surface area contributed by atoms with Crippen molar-refractivity contribution >= 4 is 22.7 Å². The first kappa shape index (κ1) is 25.4. The lowest BCUT2D eigenvalue weighted by atomic mass is 10.1. The van der Waals surface area contributed by atoms with E-state index in [0.29, 0.717) is 41.9 Å². The average Bonchev–Trinajstić information content (AvgIpc) is 3.43. The summed E-state index contributed by atoms with van der Waals surface area (Å²) < 4.78 is 39.4. The minimum Gasteiger partial charge on any atom is -0.493 e. The molecule has 2 aliphatic rings. The van der Waals surface area contributed by atoms with Gasteiger partial charge >= 0.3 is 0 Å². The zero-order chi connectivity index (χ0) is 25.7. The molecule has 1 N–H and O–H groups in total. The fourth-order valence-corrected chi connectivity index (χ4v) is 4.86. The first-order chi connectivity index (χ1) is 18.0. The Morgan fingerprint density at radius 3 is 2.57 bits per heavy atom. The first-order valence-electron chi connectivity index (χ1n) is 13.0. The van der Waals surface area contributed by atoms with Crippen LogP contribution in [0.15, 0.2) is 36.5 Å². The lowest BCUT2D eigenvalue weighted by Gasteiger charge is -2.32. The van der Waals surface area contributed by atoms with Crippen LogP contribution in [-0.4, -0.2) is 72.2 Å². The van der Waals surface area contributed by atoms with E-state index in [-0.39, 0.29) is 25.9 Å². The normalized spacial score (nSPS) is 17.8. The maximum absolute atomic E-state index is 13.8. The third-order valence-electron chi connectivity index (χ3n) is 6.99. The van der Waals surface area contributed by atoms with Gasteiger partial charge in [-0.1, -0.05) is 6.07 Å². The molecule has 8 nitrogen and oxygen atoms in total. The van der Waals surface area contributed by atoms with Crippen molar-refractivity contribution in [1.82, 2.24) is 19.9 Å². The number of likely N-dealkylation sites (tertiary alicyclic amines) is 1. The van der Waals surface area contributed by atoms with Crippen LogP contribution in [0.1, 0.15) is 37.8 Å². The molecule has 1 aromatic carbocycles. The number of nitrogens with zero attached hydrogens (tertiary/aromatic N) is 5. The van der Waals surface area contributed by atoms with Gasteiger partial charge in [-0.25, -0.2) is 13.8 Å². The van der Waals surface area contributed by atoms with E-state index in [1.165, 1.54) is 12.8 Å². The number of pyridine rings is 1. The van der Waals surface area contributed by atoms with Crippen LogP contribution in [0.3, 0.4) is 0 Å². The largest absolute Gasteiger partial charge is 0.493 e. The molecule has 2 fully saturated rings. The maximum atomic E-state index is 13.8. The van der Waals surface area contributed by atoms with Gasteiger partial charge in [0.2, 0.25) is 5.95 Å². The zero-order valence-electron chi connectivity index (χ0n) is 21.3. The third kappa shape index (κ3) is 6.36. The number of rotatable bonds is 10. The van der Waals surface area contributed by atoms with Crippen molar-refractivity contribution in [2.45, 2.75) is 44.6 Å². The Bertz CT molecular complexity index is 1180. The van der Waals surface area contributed by atoms with Crippen LogP contribution in [0.4, 0.5) is 20.5 Å². The molecule has 0 bridgehead atoms. The highest BCUT2D eigenvalue weighted by molar-refractivity contribution is 5.92. The number of ether oxygens (including phenoxy) is 2. The lowest BCUT2D eigenvalue weighted by molar-refractivity contribution is -0.0222. The number of benzene rings is 1. The molecule has 2 aromatic heterocycles. The SMILES string of the molecule is COc1cc2c(NCc3ccccn3)nc(N3CCC(F)(F)CC3)nc2cc1OCCCN1CCCC1. The lowest BCUT2D eigenvalue weighted by Crippen LogP contribution is -2.40. The minimum atomic E-state index is -2.64. The summed E-state index contributed by atoms with van der Waals surface area (Å²) in [5.41, 5.74) is 1.53. The Kier molecular flexibility index (Phi) is 7.83. The van der Waals surface area contributed by atoms with Crippen LogP contribution in [0.25, 0.3) is 10.9 Å². The Morgan fingerprint density at radius 1 is 1.03 bits per heavy atom. The van der Waals surface area contributed by atoms with Crippen LogP contribution < -0.4 is 19.7 Å². The first-order valence-corrected chi connectivity index (χ1v) is 13.0. The molecule has 0 unspecified atom stereocenters. The fraction of sp³-hybridized carbons (Fsp3) is 0.519. The van der Waals surface area contributed by atoms with Gasteiger partial charge in [0.1, 0.15) is 5.82 Å². The molecule has 0 amide bonds. The number of aromatic nitrogens is 3. The highest BCUT2D eigenvalue weighted by atomic mass is 19.3. The topological polar surface area (TPSA) is 75.6 Å². The molecule has 0 aliphatic carbocycles. The molecule has 5 rings (SSSR count). The van der Waals surface area contributed by atoms with Gasteiger partial charge in [0.25, 0.3) is 5.92 Å². The number of methoxy groups -OCH3 is 1. The van der Waals surface area contributed by atoms with Crippen LogP contribution in [0.2, 0.25) is 0 Å². The molecule has 0 spiro atoms. The molecule has 37 heavy (non-hydrogen) atoms. The zero-order valence-corrected chi connectivity index (χ0v) is 21.3. The number of hydrogen-bond donors (Lipinski definition) is 1. The van der Waals surface area contributed by atoms with Crippen LogP contribution in [0, 0.1) is 0 Å². The van der Waals surface area contributed by atoms with Crippen molar-refractivity contribution in [3.63, 3.8) is 0 Å².